The molecule has 4 N–H and O–H groups in total. The van der Waals surface area contributed by atoms with Gasteiger partial charge >= 0.3 is 0 Å². The Labute approximate surface area is 104 Å². The molecule has 17 heavy (non-hydrogen) atoms. The Balaban J connectivity index is 0.000000181. The van der Waals surface area contributed by atoms with Gasteiger partial charge in [0, 0.05) is 11.6 Å². The van der Waals surface area contributed by atoms with Crippen LogP contribution in [0.15, 0.2) is 53.5 Å². The van der Waals surface area contributed by atoms with Crippen molar-refractivity contribution in [2.24, 2.45) is 0 Å². The molecule has 0 unspecified atom stereocenters. The van der Waals surface area contributed by atoms with E-state index in [2.05, 4.69) is 4.98 Å². The normalized spacial score (nSPS) is 9.65. The van der Waals surface area contributed by atoms with E-state index in [1.807, 2.05) is 41.8 Å². The zero-order valence-corrected chi connectivity index (χ0v) is 10.0. The van der Waals surface area contributed by atoms with Gasteiger partial charge in [0.05, 0.1) is 16.9 Å². The molecule has 0 aliphatic carbocycles. The fourth-order valence-corrected chi connectivity index (χ4v) is 1.80. The van der Waals surface area contributed by atoms with Crippen molar-refractivity contribution in [2.45, 2.75) is 0 Å². The summed E-state index contributed by atoms with van der Waals surface area (Å²) in [7, 11) is 0. The molecule has 0 fully saturated rings. The maximum absolute atomic E-state index is 5.66. The molecule has 0 bridgehead atoms. The summed E-state index contributed by atoms with van der Waals surface area (Å²) in [4.78, 5) is 3.74. The summed E-state index contributed by atoms with van der Waals surface area (Å²) in [6.07, 6.45) is 1.77. The van der Waals surface area contributed by atoms with Crippen molar-refractivity contribution in [3.05, 3.63) is 53.5 Å². The van der Waals surface area contributed by atoms with Crippen LogP contribution in [0.1, 0.15) is 0 Å². The summed E-state index contributed by atoms with van der Waals surface area (Å²) in [5, 5.41) is 4.19. The van der Waals surface area contributed by atoms with Crippen LogP contribution in [0.25, 0.3) is 10.8 Å². The Morgan fingerprint density at radius 1 is 0.941 bits per heavy atom. The van der Waals surface area contributed by atoms with Crippen molar-refractivity contribution in [3.8, 4) is 0 Å². The number of anilines is 2. The van der Waals surface area contributed by atoms with E-state index in [0.717, 1.165) is 10.8 Å². The van der Waals surface area contributed by atoms with Gasteiger partial charge in [-0.3, -0.25) is 4.98 Å². The zero-order valence-electron chi connectivity index (χ0n) is 9.21. The smallest absolute Gasteiger partial charge is 0.0791 e. The highest BCUT2D eigenvalue weighted by molar-refractivity contribution is 7.07. The lowest BCUT2D eigenvalue weighted by molar-refractivity contribution is 1.43. The predicted molar refractivity (Wildman–Crippen MR) is 74.9 cm³/mol. The SMILES string of the molecule is Nc1cc2ccccc2cc1N.c1cscn1. The van der Waals surface area contributed by atoms with Gasteiger partial charge in [0.25, 0.3) is 0 Å². The van der Waals surface area contributed by atoms with Crippen LogP contribution in [0.3, 0.4) is 0 Å². The number of aromatic nitrogens is 1. The van der Waals surface area contributed by atoms with E-state index < -0.39 is 0 Å². The van der Waals surface area contributed by atoms with Crippen LogP contribution in [-0.4, -0.2) is 4.98 Å². The second-order valence-corrected chi connectivity index (χ2v) is 4.26. The molecule has 0 atom stereocenters. The average molecular weight is 243 g/mol. The molecule has 3 aromatic rings. The number of thiazole rings is 1. The highest BCUT2D eigenvalue weighted by Crippen LogP contribution is 2.22. The molecule has 0 aliphatic rings. The number of nitrogens with two attached hydrogens (primary N) is 2. The van der Waals surface area contributed by atoms with E-state index in [9.17, 15) is 0 Å². The first kappa shape index (κ1) is 11.4. The number of rotatable bonds is 0. The third kappa shape index (κ3) is 2.95. The summed E-state index contributed by atoms with van der Waals surface area (Å²) in [5.74, 6) is 0. The topological polar surface area (TPSA) is 64.9 Å². The van der Waals surface area contributed by atoms with Crippen LogP contribution >= 0.6 is 11.3 Å². The monoisotopic (exact) mass is 243 g/mol. The highest BCUT2D eigenvalue weighted by Gasteiger charge is 1.96. The molecular weight excluding hydrogens is 230 g/mol. The molecule has 86 valence electrons. The molecule has 4 heteroatoms. The summed E-state index contributed by atoms with van der Waals surface area (Å²) in [6.45, 7) is 0. The van der Waals surface area contributed by atoms with Crippen molar-refractivity contribution in [1.82, 2.24) is 4.98 Å². The van der Waals surface area contributed by atoms with Gasteiger partial charge < -0.3 is 11.5 Å². The first-order valence-electron chi connectivity index (χ1n) is 5.13. The van der Waals surface area contributed by atoms with Crippen LogP contribution in [0, 0.1) is 0 Å². The Kier molecular flexibility index (Phi) is 3.57. The van der Waals surface area contributed by atoms with Crippen LogP contribution < -0.4 is 11.5 Å². The maximum atomic E-state index is 5.66. The Morgan fingerprint density at radius 2 is 1.53 bits per heavy atom. The third-order valence-electron chi connectivity index (χ3n) is 2.30. The summed E-state index contributed by atoms with van der Waals surface area (Å²) in [5.41, 5.74) is 14.4. The quantitative estimate of drug-likeness (QED) is 0.596. The molecule has 2 aromatic carbocycles. The minimum atomic E-state index is 0.647. The first-order valence-corrected chi connectivity index (χ1v) is 6.07. The fraction of sp³-hybridized carbons (Fsp3) is 0. The average Bonchev–Trinajstić information content (AvgIpc) is 2.89. The highest BCUT2D eigenvalue weighted by atomic mass is 32.1. The van der Waals surface area contributed by atoms with Gasteiger partial charge in [-0.15, -0.1) is 11.3 Å². The van der Waals surface area contributed by atoms with E-state index in [1.165, 1.54) is 0 Å². The van der Waals surface area contributed by atoms with Gasteiger partial charge in [-0.1, -0.05) is 24.3 Å². The zero-order chi connectivity index (χ0) is 12.1. The summed E-state index contributed by atoms with van der Waals surface area (Å²) < 4.78 is 0. The second kappa shape index (κ2) is 5.32. The van der Waals surface area contributed by atoms with Gasteiger partial charge in [-0.25, -0.2) is 0 Å². The van der Waals surface area contributed by atoms with Crippen LogP contribution in [0.5, 0.6) is 0 Å². The van der Waals surface area contributed by atoms with Crippen LogP contribution in [0.4, 0.5) is 11.4 Å². The van der Waals surface area contributed by atoms with Crippen LogP contribution in [0.2, 0.25) is 0 Å². The number of fused-ring (bicyclic) bond motifs is 1. The van der Waals surface area contributed by atoms with Crippen molar-refractivity contribution < 1.29 is 0 Å². The van der Waals surface area contributed by atoms with Gasteiger partial charge in [0.1, 0.15) is 0 Å². The standard InChI is InChI=1S/C10H10N2.C3H3NS/c11-9-5-7-3-1-2-4-8(7)6-10(9)12;1-2-5-3-4-1/h1-6H,11-12H2;1-3H. The van der Waals surface area contributed by atoms with E-state index >= 15 is 0 Å². The van der Waals surface area contributed by atoms with E-state index in [4.69, 9.17) is 11.5 Å². The lowest BCUT2D eigenvalue weighted by Gasteiger charge is -2.02. The molecule has 0 saturated carbocycles. The molecule has 0 spiro atoms. The van der Waals surface area contributed by atoms with Gasteiger partial charge in [-0.2, -0.15) is 0 Å². The third-order valence-corrected chi connectivity index (χ3v) is 2.82. The molecule has 0 amide bonds. The summed E-state index contributed by atoms with van der Waals surface area (Å²) in [6, 6.07) is 11.8. The van der Waals surface area contributed by atoms with Crippen LogP contribution in [-0.2, 0) is 0 Å². The van der Waals surface area contributed by atoms with Gasteiger partial charge in [-0.05, 0) is 22.9 Å². The Morgan fingerprint density at radius 3 is 1.88 bits per heavy atom. The molecule has 1 heterocycles. The fourth-order valence-electron chi connectivity index (χ4n) is 1.45. The summed E-state index contributed by atoms with van der Waals surface area (Å²) >= 11 is 1.60. The number of nitrogen functional groups attached to an aromatic ring is 2. The predicted octanol–water partition coefficient (Wildman–Crippen LogP) is 3.15. The minimum Gasteiger partial charge on any atom is -0.397 e. The molecule has 3 nitrogen and oxygen atoms in total. The molecular formula is C13H13N3S. The van der Waals surface area contributed by atoms with Crippen molar-refractivity contribution in [3.63, 3.8) is 0 Å². The van der Waals surface area contributed by atoms with Crippen molar-refractivity contribution >= 4 is 33.5 Å². The molecule has 0 radical (unpaired) electrons. The molecule has 3 rings (SSSR count). The second-order valence-electron chi connectivity index (χ2n) is 3.50. The number of hydrogen-bond donors (Lipinski definition) is 2. The Hall–Kier alpha value is -2.07. The molecule has 1 aromatic heterocycles. The molecule has 0 saturated heterocycles. The number of benzene rings is 2. The lowest BCUT2D eigenvalue weighted by Crippen LogP contribution is -1.93. The Bertz CT molecular complexity index is 533. The number of hydrogen-bond acceptors (Lipinski definition) is 4. The van der Waals surface area contributed by atoms with Gasteiger partial charge in [0.2, 0.25) is 0 Å². The molecule has 0 aliphatic heterocycles. The van der Waals surface area contributed by atoms with E-state index in [1.54, 1.807) is 23.0 Å². The first-order chi connectivity index (χ1) is 8.27. The number of nitrogens with zero attached hydrogens (tertiary/aromatic N) is 1. The van der Waals surface area contributed by atoms with E-state index in [0.29, 0.717) is 11.4 Å². The van der Waals surface area contributed by atoms with Crippen molar-refractivity contribution in [2.75, 3.05) is 11.5 Å². The van der Waals surface area contributed by atoms with E-state index in [-0.39, 0.29) is 0 Å². The minimum absolute atomic E-state index is 0.647. The maximum Gasteiger partial charge on any atom is 0.0791 e. The lowest BCUT2D eigenvalue weighted by atomic mass is 10.1. The largest absolute Gasteiger partial charge is 0.397 e. The van der Waals surface area contributed by atoms with Gasteiger partial charge in [0.15, 0.2) is 0 Å². The van der Waals surface area contributed by atoms with Crippen molar-refractivity contribution in [1.29, 1.82) is 0 Å².